The highest BCUT2D eigenvalue weighted by Gasteiger charge is 2.00. The van der Waals surface area contributed by atoms with Crippen LogP contribution in [-0.4, -0.2) is 11.4 Å². The molecule has 2 rings (SSSR count). The second-order valence-corrected chi connectivity index (χ2v) is 10.9. The van der Waals surface area contributed by atoms with E-state index in [0.717, 1.165) is 8.58 Å². The molecule has 0 radical (unpaired) electrons. The van der Waals surface area contributed by atoms with E-state index in [9.17, 15) is 0 Å². The van der Waals surface area contributed by atoms with Crippen LogP contribution >= 0.6 is 51.1 Å². The number of rotatable bonds is 2. The molecule has 0 heterocycles. The van der Waals surface area contributed by atoms with Gasteiger partial charge in [0.25, 0.3) is 0 Å². The van der Waals surface area contributed by atoms with Crippen LogP contribution in [0, 0.1) is 0 Å². The SMILES string of the molecule is Cl.[Cl][Al]([Cl])[Cl].c1ccc(Pc2ccccc2)cc1. The number of halogens is 4. The summed E-state index contributed by atoms with van der Waals surface area (Å²) in [5, 5.41) is 2.79. The summed E-state index contributed by atoms with van der Waals surface area (Å²) in [6, 6.07) is 21.2. The van der Waals surface area contributed by atoms with Crippen molar-refractivity contribution in [3.63, 3.8) is 0 Å². The van der Waals surface area contributed by atoms with E-state index in [0.29, 0.717) is 0 Å². The lowest BCUT2D eigenvalue weighted by atomic mass is 10.4. The Balaban J connectivity index is 0.000000512. The van der Waals surface area contributed by atoms with Gasteiger partial charge in [0.15, 0.2) is 0 Å². The lowest BCUT2D eigenvalue weighted by molar-refractivity contribution is 1.76. The Kier molecular flexibility index (Phi) is 11.8. The van der Waals surface area contributed by atoms with E-state index < -0.39 is 11.4 Å². The summed E-state index contributed by atoms with van der Waals surface area (Å²) < 4.78 is 0. The molecule has 0 bridgehead atoms. The summed E-state index contributed by atoms with van der Waals surface area (Å²) in [5.41, 5.74) is 0. The lowest BCUT2D eigenvalue weighted by Crippen LogP contribution is -2.01. The Bertz CT molecular complexity index is 371. The van der Waals surface area contributed by atoms with Gasteiger partial charge in [0.05, 0.1) is 0 Å². The molecule has 2 aromatic carbocycles. The van der Waals surface area contributed by atoms with Crippen molar-refractivity contribution in [2.24, 2.45) is 0 Å². The number of hydrogen-bond acceptors (Lipinski definition) is 0. The fourth-order valence-electron chi connectivity index (χ4n) is 1.21. The summed E-state index contributed by atoms with van der Waals surface area (Å²) >= 11 is -1.72. The zero-order valence-electron chi connectivity index (χ0n) is 9.39. The Morgan fingerprint density at radius 1 is 0.667 bits per heavy atom. The van der Waals surface area contributed by atoms with Crippen molar-refractivity contribution < 1.29 is 0 Å². The monoisotopic (exact) mass is 354 g/mol. The van der Waals surface area contributed by atoms with E-state index in [2.05, 4.69) is 60.7 Å². The van der Waals surface area contributed by atoms with Gasteiger partial charge < -0.3 is 0 Å². The quantitative estimate of drug-likeness (QED) is 0.552. The molecule has 0 aliphatic rings. The van der Waals surface area contributed by atoms with Crippen molar-refractivity contribution in [2.75, 3.05) is 0 Å². The summed E-state index contributed by atoms with van der Waals surface area (Å²) in [6.45, 7) is 0. The van der Waals surface area contributed by atoms with Gasteiger partial charge >= 0.3 is 11.4 Å². The van der Waals surface area contributed by atoms with Gasteiger partial charge in [0.1, 0.15) is 0 Å². The van der Waals surface area contributed by atoms with E-state index in [1.807, 2.05) is 0 Å². The van der Waals surface area contributed by atoms with E-state index >= 15 is 0 Å². The number of hydrogen-bond donors (Lipinski definition) is 0. The Hall–Kier alpha value is 0.562. The summed E-state index contributed by atoms with van der Waals surface area (Å²) in [4.78, 5) is 0. The molecule has 0 spiro atoms. The molecule has 0 aliphatic heterocycles. The second kappa shape index (κ2) is 11.4. The molecule has 2 aromatic rings. The van der Waals surface area contributed by atoms with Crippen molar-refractivity contribution in [3.8, 4) is 0 Å². The zero-order valence-corrected chi connectivity index (χ0v) is 14.6. The van der Waals surface area contributed by atoms with Crippen LogP contribution in [0.5, 0.6) is 0 Å². The van der Waals surface area contributed by atoms with Crippen molar-refractivity contribution in [1.29, 1.82) is 0 Å². The van der Waals surface area contributed by atoms with Gasteiger partial charge in [-0.05, 0) is 10.6 Å². The van der Waals surface area contributed by atoms with Crippen LogP contribution in [-0.2, 0) is 0 Å². The molecule has 0 N–H and O–H groups in total. The van der Waals surface area contributed by atoms with Crippen LogP contribution in [0.1, 0.15) is 0 Å². The van der Waals surface area contributed by atoms with Crippen LogP contribution < -0.4 is 10.6 Å². The normalized spacial score (nSPS) is 8.61. The fourth-order valence-corrected chi connectivity index (χ4v) is 2.26. The molecule has 0 aliphatic carbocycles. The minimum absolute atomic E-state index is 0. The van der Waals surface area contributed by atoms with Gasteiger partial charge in [-0.25, -0.2) is 30.1 Å². The average Bonchev–Trinajstić information content (AvgIpc) is 2.31. The Labute approximate surface area is 133 Å². The van der Waals surface area contributed by atoms with E-state index in [1.54, 1.807) is 0 Å². The molecule has 0 fully saturated rings. The van der Waals surface area contributed by atoms with Gasteiger partial charge in [-0.1, -0.05) is 69.2 Å². The minimum Gasteiger partial charge on any atom is -0.214 e. The maximum atomic E-state index is 4.94. The van der Waals surface area contributed by atoms with Gasteiger partial charge in [0.2, 0.25) is 0 Å². The van der Waals surface area contributed by atoms with Gasteiger partial charge in [-0.2, -0.15) is 0 Å². The smallest absolute Gasteiger partial charge is 0.214 e. The summed E-state index contributed by atoms with van der Waals surface area (Å²) in [6.07, 6.45) is 0. The highest BCUT2D eigenvalue weighted by atomic mass is 35.8. The maximum Gasteiger partial charge on any atom is 0.643 e. The Morgan fingerprint density at radius 2 is 0.944 bits per heavy atom. The molecule has 96 valence electrons. The second-order valence-electron chi connectivity index (χ2n) is 3.10. The fraction of sp³-hybridized carbons (Fsp3) is 0. The zero-order chi connectivity index (χ0) is 12.5. The van der Waals surface area contributed by atoms with Gasteiger partial charge in [-0.3, -0.25) is 0 Å². The first-order valence-corrected chi connectivity index (χ1v) is 11.2. The first-order valence-electron chi connectivity index (χ1n) is 4.98. The third-order valence-corrected chi connectivity index (χ3v) is 3.08. The molecule has 0 aromatic heterocycles. The molecule has 0 nitrogen and oxygen atoms in total. The van der Waals surface area contributed by atoms with Gasteiger partial charge in [0, 0.05) is 0 Å². The largest absolute Gasteiger partial charge is 0.643 e. The molecule has 0 saturated carbocycles. The van der Waals surface area contributed by atoms with Gasteiger partial charge in [-0.15, -0.1) is 12.4 Å². The highest BCUT2D eigenvalue weighted by Crippen LogP contribution is 2.08. The standard InChI is InChI=1S/C12H11P.Al.4ClH/c1-3-7-11(8-4-1)13-12-9-5-2-6-10-12;;;;;/h1-10,13H;;4*1H/q;+3;;;;/p-3. The van der Waals surface area contributed by atoms with Crippen LogP contribution in [0.25, 0.3) is 0 Å². The molecule has 0 amide bonds. The van der Waals surface area contributed by atoms with Crippen molar-refractivity contribution in [3.05, 3.63) is 60.7 Å². The van der Waals surface area contributed by atoms with Crippen LogP contribution in [0.4, 0.5) is 0 Å². The lowest BCUT2D eigenvalue weighted by Gasteiger charge is -2.00. The molecule has 0 saturated heterocycles. The van der Waals surface area contributed by atoms with E-state index in [1.165, 1.54) is 10.6 Å². The van der Waals surface area contributed by atoms with Crippen molar-refractivity contribution in [2.45, 2.75) is 0 Å². The van der Waals surface area contributed by atoms with Crippen LogP contribution in [0.15, 0.2) is 60.7 Å². The number of benzene rings is 2. The topological polar surface area (TPSA) is 0 Å². The molecular formula is C12H12AlCl4P. The minimum atomic E-state index is -1.72. The third-order valence-electron chi connectivity index (χ3n) is 1.84. The average molecular weight is 356 g/mol. The Morgan fingerprint density at radius 3 is 1.22 bits per heavy atom. The predicted octanol–water partition coefficient (Wildman–Crippen LogP) is 4.43. The first kappa shape index (κ1) is 18.6. The molecular weight excluding hydrogens is 344 g/mol. The highest BCUT2D eigenvalue weighted by molar-refractivity contribution is 7.55. The van der Waals surface area contributed by atoms with E-state index in [4.69, 9.17) is 30.1 Å². The predicted molar refractivity (Wildman–Crippen MR) is 91.0 cm³/mol. The first-order chi connectivity index (χ1) is 8.18. The van der Waals surface area contributed by atoms with Crippen molar-refractivity contribution in [1.82, 2.24) is 0 Å². The van der Waals surface area contributed by atoms with Crippen molar-refractivity contribution >= 4 is 73.1 Å². The maximum absolute atomic E-state index is 4.94. The molecule has 18 heavy (non-hydrogen) atoms. The van der Waals surface area contributed by atoms with E-state index in [-0.39, 0.29) is 12.4 Å². The third kappa shape index (κ3) is 9.49. The summed E-state index contributed by atoms with van der Waals surface area (Å²) in [7, 11) is 15.6. The van der Waals surface area contributed by atoms with Crippen LogP contribution in [0.3, 0.4) is 0 Å². The summed E-state index contributed by atoms with van der Waals surface area (Å²) in [5.74, 6) is 0. The molecule has 0 atom stereocenters. The molecule has 0 unspecified atom stereocenters. The molecule has 6 heteroatoms. The van der Waals surface area contributed by atoms with Crippen LogP contribution in [0.2, 0.25) is 0 Å².